The summed E-state index contributed by atoms with van der Waals surface area (Å²) in [7, 11) is -2.81. The molecule has 0 amide bonds. The third-order valence-corrected chi connectivity index (χ3v) is 5.55. The molecule has 0 aromatic rings. The molecule has 17 heavy (non-hydrogen) atoms. The minimum Gasteiger partial charge on any atom is -0.312 e. The summed E-state index contributed by atoms with van der Waals surface area (Å²) in [5, 5.41) is 3.59. The summed E-state index contributed by atoms with van der Waals surface area (Å²) < 4.78 is 23.0. The quantitative estimate of drug-likeness (QED) is 0.782. The van der Waals surface area contributed by atoms with E-state index in [1.54, 1.807) is 6.92 Å². The van der Waals surface area contributed by atoms with E-state index in [2.05, 4.69) is 10.2 Å². The van der Waals surface area contributed by atoms with Crippen molar-refractivity contribution in [2.24, 2.45) is 5.92 Å². The predicted octanol–water partition coefficient (Wildman–Crippen LogP) is 0.495. The van der Waals surface area contributed by atoms with Gasteiger partial charge in [0.1, 0.15) is 0 Å². The van der Waals surface area contributed by atoms with E-state index in [-0.39, 0.29) is 5.75 Å². The summed E-state index contributed by atoms with van der Waals surface area (Å²) in [4.78, 5) is 2.33. The van der Waals surface area contributed by atoms with Crippen molar-refractivity contribution in [2.45, 2.75) is 32.2 Å². The van der Waals surface area contributed by atoms with Crippen molar-refractivity contribution >= 4 is 9.84 Å². The van der Waals surface area contributed by atoms with E-state index in [0.29, 0.717) is 18.3 Å². The van der Waals surface area contributed by atoms with Crippen molar-refractivity contribution in [3.8, 4) is 0 Å². The Kier molecular flexibility index (Phi) is 4.44. The molecular formula is C12H24N2O2S. The standard InChI is InChI=1S/C12H24N2O2S/c1-2-17(15,16)9-8-14-7-3-6-13-12(10-14)11-4-5-11/h11-13H,2-10H2,1H3. The lowest BCUT2D eigenvalue weighted by molar-refractivity contribution is 0.272. The van der Waals surface area contributed by atoms with E-state index in [1.165, 1.54) is 12.8 Å². The van der Waals surface area contributed by atoms with E-state index in [0.717, 1.165) is 32.0 Å². The SMILES string of the molecule is CCS(=O)(=O)CCN1CCCNC(C2CC2)C1. The predicted molar refractivity (Wildman–Crippen MR) is 69.9 cm³/mol. The van der Waals surface area contributed by atoms with Gasteiger partial charge in [-0.15, -0.1) is 0 Å². The largest absolute Gasteiger partial charge is 0.312 e. The lowest BCUT2D eigenvalue weighted by atomic mass is 10.2. The third-order valence-electron chi connectivity index (χ3n) is 3.86. The van der Waals surface area contributed by atoms with Crippen LogP contribution in [-0.4, -0.2) is 57.0 Å². The van der Waals surface area contributed by atoms with Crippen LogP contribution in [0.5, 0.6) is 0 Å². The first kappa shape index (κ1) is 13.3. The van der Waals surface area contributed by atoms with Gasteiger partial charge in [0.2, 0.25) is 0 Å². The molecule has 0 radical (unpaired) electrons. The van der Waals surface area contributed by atoms with Crippen LogP contribution in [0, 0.1) is 5.92 Å². The molecule has 1 heterocycles. The summed E-state index contributed by atoms with van der Waals surface area (Å²) in [5.41, 5.74) is 0. The van der Waals surface area contributed by atoms with Crippen LogP contribution >= 0.6 is 0 Å². The van der Waals surface area contributed by atoms with Crippen molar-refractivity contribution in [3.63, 3.8) is 0 Å². The normalized spacial score (nSPS) is 27.9. The first-order valence-electron chi connectivity index (χ1n) is 6.77. The van der Waals surface area contributed by atoms with Gasteiger partial charge in [-0.05, 0) is 38.3 Å². The van der Waals surface area contributed by atoms with Gasteiger partial charge in [0.25, 0.3) is 0 Å². The molecule has 0 spiro atoms. The Labute approximate surface area is 105 Å². The van der Waals surface area contributed by atoms with Gasteiger partial charge in [0.15, 0.2) is 9.84 Å². The number of rotatable bonds is 5. The van der Waals surface area contributed by atoms with Crippen molar-refractivity contribution < 1.29 is 8.42 Å². The monoisotopic (exact) mass is 260 g/mol. The molecule has 1 saturated carbocycles. The number of hydrogen-bond acceptors (Lipinski definition) is 4. The molecule has 4 nitrogen and oxygen atoms in total. The Morgan fingerprint density at radius 1 is 1.35 bits per heavy atom. The van der Waals surface area contributed by atoms with Gasteiger partial charge in [-0.1, -0.05) is 6.92 Å². The number of sulfone groups is 1. The lowest BCUT2D eigenvalue weighted by Crippen LogP contribution is -2.40. The van der Waals surface area contributed by atoms with E-state index in [1.807, 2.05) is 0 Å². The fourth-order valence-corrected chi connectivity index (χ4v) is 3.28. The highest BCUT2D eigenvalue weighted by molar-refractivity contribution is 7.91. The second-order valence-corrected chi connectivity index (χ2v) is 7.76. The Morgan fingerprint density at radius 3 is 2.76 bits per heavy atom. The molecular weight excluding hydrogens is 236 g/mol. The molecule has 2 fully saturated rings. The average Bonchev–Trinajstić information content (AvgIpc) is 3.12. The van der Waals surface area contributed by atoms with Crippen molar-refractivity contribution in [1.82, 2.24) is 10.2 Å². The first-order valence-corrected chi connectivity index (χ1v) is 8.59. The molecule has 1 saturated heterocycles. The smallest absolute Gasteiger partial charge is 0.151 e. The van der Waals surface area contributed by atoms with Gasteiger partial charge in [-0.3, -0.25) is 0 Å². The van der Waals surface area contributed by atoms with Gasteiger partial charge < -0.3 is 10.2 Å². The Morgan fingerprint density at radius 2 is 2.12 bits per heavy atom. The first-order chi connectivity index (χ1) is 8.11. The Balaban J connectivity index is 1.82. The molecule has 0 bridgehead atoms. The molecule has 2 rings (SSSR count). The zero-order valence-electron chi connectivity index (χ0n) is 10.7. The second kappa shape index (κ2) is 5.67. The maximum absolute atomic E-state index is 11.5. The van der Waals surface area contributed by atoms with E-state index in [9.17, 15) is 8.42 Å². The zero-order chi connectivity index (χ0) is 12.3. The van der Waals surface area contributed by atoms with Crippen molar-refractivity contribution in [3.05, 3.63) is 0 Å². The highest BCUT2D eigenvalue weighted by Gasteiger charge is 2.33. The molecule has 0 aromatic carbocycles. The maximum atomic E-state index is 11.5. The van der Waals surface area contributed by atoms with Crippen LogP contribution in [0.2, 0.25) is 0 Å². The summed E-state index contributed by atoms with van der Waals surface area (Å²) in [5.74, 6) is 1.44. The highest BCUT2D eigenvalue weighted by atomic mass is 32.2. The molecule has 1 aliphatic heterocycles. The van der Waals surface area contributed by atoms with E-state index >= 15 is 0 Å². The van der Waals surface area contributed by atoms with Gasteiger partial charge >= 0.3 is 0 Å². The molecule has 5 heteroatoms. The Bertz CT molecular complexity index is 338. The molecule has 0 aromatic heterocycles. The van der Waals surface area contributed by atoms with Gasteiger partial charge in [-0.2, -0.15) is 0 Å². The second-order valence-electron chi connectivity index (χ2n) is 5.29. The van der Waals surface area contributed by atoms with Crippen LogP contribution in [-0.2, 0) is 9.84 Å². The number of nitrogens with zero attached hydrogens (tertiary/aromatic N) is 1. The summed E-state index contributed by atoms with van der Waals surface area (Å²) in [6.45, 7) is 5.59. The summed E-state index contributed by atoms with van der Waals surface area (Å²) in [6.07, 6.45) is 3.83. The maximum Gasteiger partial charge on any atom is 0.151 e. The molecule has 1 unspecified atom stereocenters. The number of nitrogens with one attached hydrogen (secondary N) is 1. The molecule has 1 atom stereocenters. The Hall–Kier alpha value is -0.130. The average molecular weight is 260 g/mol. The van der Waals surface area contributed by atoms with E-state index < -0.39 is 9.84 Å². The van der Waals surface area contributed by atoms with Crippen LogP contribution in [0.15, 0.2) is 0 Å². The van der Waals surface area contributed by atoms with Gasteiger partial charge in [0, 0.05) is 24.9 Å². The van der Waals surface area contributed by atoms with E-state index in [4.69, 9.17) is 0 Å². The fourth-order valence-electron chi connectivity index (χ4n) is 2.45. The van der Waals surface area contributed by atoms with Gasteiger partial charge in [-0.25, -0.2) is 8.42 Å². The van der Waals surface area contributed by atoms with Crippen LogP contribution < -0.4 is 5.32 Å². The molecule has 2 aliphatic rings. The number of hydrogen-bond donors (Lipinski definition) is 1. The van der Waals surface area contributed by atoms with Crippen LogP contribution in [0.4, 0.5) is 0 Å². The van der Waals surface area contributed by atoms with Crippen molar-refractivity contribution in [1.29, 1.82) is 0 Å². The summed E-state index contributed by atoms with van der Waals surface area (Å²) in [6, 6.07) is 0.599. The fraction of sp³-hybridized carbons (Fsp3) is 1.00. The third kappa shape index (κ3) is 4.23. The topological polar surface area (TPSA) is 49.4 Å². The summed E-state index contributed by atoms with van der Waals surface area (Å²) >= 11 is 0. The van der Waals surface area contributed by atoms with Crippen molar-refractivity contribution in [2.75, 3.05) is 37.7 Å². The molecule has 100 valence electrons. The van der Waals surface area contributed by atoms with Gasteiger partial charge in [0.05, 0.1) is 5.75 Å². The highest BCUT2D eigenvalue weighted by Crippen LogP contribution is 2.33. The van der Waals surface area contributed by atoms with Crippen LogP contribution in [0.3, 0.4) is 0 Å². The minimum absolute atomic E-state index is 0.269. The molecule has 1 N–H and O–H groups in total. The zero-order valence-corrected chi connectivity index (χ0v) is 11.5. The van der Waals surface area contributed by atoms with Crippen LogP contribution in [0.1, 0.15) is 26.2 Å². The lowest BCUT2D eigenvalue weighted by Gasteiger charge is -2.24. The molecule has 1 aliphatic carbocycles. The minimum atomic E-state index is -2.81. The van der Waals surface area contributed by atoms with Crippen LogP contribution in [0.25, 0.3) is 0 Å².